The highest BCUT2D eigenvalue weighted by Gasteiger charge is 2.31. The fraction of sp³-hybridized carbons (Fsp3) is 0.600. The summed E-state index contributed by atoms with van der Waals surface area (Å²) < 4.78 is 11.2. The summed E-state index contributed by atoms with van der Waals surface area (Å²) in [4.78, 5) is 2.41. The first-order valence-electron chi connectivity index (χ1n) is 6.71. The van der Waals surface area contributed by atoms with E-state index in [1.807, 2.05) is 18.2 Å². The molecule has 0 spiro atoms. The maximum absolute atomic E-state index is 5.92. The molecule has 0 aromatic heterocycles. The molecule has 1 aliphatic heterocycles. The van der Waals surface area contributed by atoms with Gasteiger partial charge in [-0.25, -0.2) is 0 Å². The number of hydrogen-bond donors (Lipinski definition) is 1. The highest BCUT2D eigenvalue weighted by atomic mass is 16.5. The Kier molecular flexibility index (Phi) is 4.02. The largest absolute Gasteiger partial charge is 0.497 e. The minimum atomic E-state index is -0.0952. The Balaban J connectivity index is 2.10. The molecule has 106 valence electrons. The second kappa shape index (κ2) is 5.39. The van der Waals surface area contributed by atoms with Crippen molar-refractivity contribution < 1.29 is 9.47 Å². The molecule has 2 N–H and O–H groups in total. The van der Waals surface area contributed by atoms with Crippen LogP contribution >= 0.6 is 0 Å². The van der Waals surface area contributed by atoms with Crippen LogP contribution in [-0.2, 0) is 11.3 Å². The van der Waals surface area contributed by atoms with Crippen molar-refractivity contribution in [1.82, 2.24) is 4.90 Å². The fourth-order valence-electron chi connectivity index (χ4n) is 2.86. The van der Waals surface area contributed by atoms with Crippen LogP contribution in [0.2, 0.25) is 0 Å². The summed E-state index contributed by atoms with van der Waals surface area (Å²) in [7, 11) is 1.67. The SMILES string of the molecule is COc1cc(N)cc(CN2CC(C)OC(C)(C)C2)c1. The maximum atomic E-state index is 5.92. The highest BCUT2D eigenvalue weighted by Crippen LogP contribution is 2.24. The molecule has 2 rings (SSSR count). The molecule has 0 bridgehead atoms. The Bertz CT molecular complexity index is 446. The standard InChI is InChI=1S/C15H24N2O2/c1-11-8-17(10-15(2,3)19-11)9-12-5-13(16)7-14(6-12)18-4/h5-7,11H,8-10,16H2,1-4H3. The molecule has 1 aromatic rings. The monoisotopic (exact) mass is 264 g/mol. The van der Waals surface area contributed by atoms with Crippen LogP contribution in [0.4, 0.5) is 5.69 Å². The molecule has 1 saturated heterocycles. The maximum Gasteiger partial charge on any atom is 0.121 e. The van der Waals surface area contributed by atoms with Crippen molar-refractivity contribution in [3.63, 3.8) is 0 Å². The zero-order chi connectivity index (χ0) is 14.0. The summed E-state index contributed by atoms with van der Waals surface area (Å²) in [6.07, 6.45) is 0.256. The van der Waals surface area contributed by atoms with E-state index < -0.39 is 0 Å². The van der Waals surface area contributed by atoms with Crippen LogP contribution in [0.15, 0.2) is 18.2 Å². The molecule has 19 heavy (non-hydrogen) atoms. The number of anilines is 1. The van der Waals surface area contributed by atoms with Crippen LogP contribution in [0.3, 0.4) is 0 Å². The van der Waals surface area contributed by atoms with E-state index in [1.54, 1.807) is 7.11 Å². The normalized spacial score (nSPS) is 23.3. The summed E-state index contributed by atoms with van der Waals surface area (Å²) in [6, 6.07) is 5.90. The summed E-state index contributed by atoms with van der Waals surface area (Å²) in [5.74, 6) is 0.815. The average Bonchev–Trinajstić information content (AvgIpc) is 2.24. The smallest absolute Gasteiger partial charge is 0.121 e. The molecule has 0 saturated carbocycles. The lowest BCUT2D eigenvalue weighted by atomic mass is 10.0. The van der Waals surface area contributed by atoms with Crippen molar-refractivity contribution >= 4 is 5.69 Å². The molecule has 1 atom stereocenters. The van der Waals surface area contributed by atoms with Gasteiger partial charge >= 0.3 is 0 Å². The zero-order valence-corrected chi connectivity index (χ0v) is 12.3. The van der Waals surface area contributed by atoms with E-state index in [9.17, 15) is 0 Å². The van der Waals surface area contributed by atoms with Gasteiger partial charge in [0.15, 0.2) is 0 Å². The lowest BCUT2D eigenvalue weighted by molar-refractivity contribution is -0.130. The lowest BCUT2D eigenvalue weighted by Gasteiger charge is -2.41. The predicted molar refractivity (Wildman–Crippen MR) is 77.3 cm³/mol. The van der Waals surface area contributed by atoms with Gasteiger partial charge in [-0.15, -0.1) is 0 Å². The van der Waals surface area contributed by atoms with Gasteiger partial charge in [0.1, 0.15) is 5.75 Å². The first-order valence-corrected chi connectivity index (χ1v) is 6.71. The van der Waals surface area contributed by atoms with Gasteiger partial charge in [0.2, 0.25) is 0 Å². The number of nitrogen functional groups attached to an aromatic ring is 1. The molecule has 0 aliphatic carbocycles. The lowest BCUT2D eigenvalue weighted by Crippen LogP contribution is -2.51. The topological polar surface area (TPSA) is 47.7 Å². The Labute approximate surface area is 115 Å². The van der Waals surface area contributed by atoms with Gasteiger partial charge in [-0.3, -0.25) is 4.90 Å². The quantitative estimate of drug-likeness (QED) is 0.851. The number of hydrogen-bond acceptors (Lipinski definition) is 4. The number of rotatable bonds is 3. The number of benzene rings is 1. The number of ether oxygens (including phenoxy) is 2. The molecule has 4 nitrogen and oxygen atoms in total. The molecule has 0 amide bonds. The van der Waals surface area contributed by atoms with Crippen LogP contribution in [0.1, 0.15) is 26.3 Å². The minimum absolute atomic E-state index is 0.0952. The molecule has 1 fully saturated rings. The van der Waals surface area contributed by atoms with E-state index in [0.717, 1.165) is 31.1 Å². The summed E-state index contributed by atoms with van der Waals surface area (Å²) in [6.45, 7) is 9.13. The van der Waals surface area contributed by atoms with Gasteiger partial charge in [-0.1, -0.05) is 0 Å². The van der Waals surface area contributed by atoms with E-state index >= 15 is 0 Å². The number of morpholine rings is 1. The second-order valence-corrected chi connectivity index (χ2v) is 5.97. The number of methoxy groups -OCH3 is 1. The van der Waals surface area contributed by atoms with Gasteiger partial charge in [0.05, 0.1) is 18.8 Å². The van der Waals surface area contributed by atoms with Crippen LogP contribution in [0.25, 0.3) is 0 Å². The van der Waals surface area contributed by atoms with E-state index in [0.29, 0.717) is 0 Å². The van der Waals surface area contributed by atoms with Gasteiger partial charge in [0, 0.05) is 31.4 Å². The molecule has 1 aliphatic rings. The Morgan fingerprint density at radius 1 is 1.42 bits per heavy atom. The van der Waals surface area contributed by atoms with Crippen molar-refractivity contribution in [1.29, 1.82) is 0 Å². The van der Waals surface area contributed by atoms with Crippen LogP contribution < -0.4 is 10.5 Å². The van der Waals surface area contributed by atoms with Gasteiger partial charge in [-0.05, 0) is 38.5 Å². The van der Waals surface area contributed by atoms with Crippen molar-refractivity contribution in [3.8, 4) is 5.75 Å². The van der Waals surface area contributed by atoms with Crippen molar-refractivity contribution in [2.24, 2.45) is 0 Å². The Morgan fingerprint density at radius 3 is 2.79 bits per heavy atom. The number of nitrogens with zero attached hydrogens (tertiary/aromatic N) is 1. The van der Waals surface area contributed by atoms with E-state index in [4.69, 9.17) is 15.2 Å². The minimum Gasteiger partial charge on any atom is -0.497 e. The Hall–Kier alpha value is -1.26. The first kappa shape index (κ1) is 14.2. The third-order valence-electron chi connectivity index (χ3n) is 3.27. The highest BCUT2D eigenvalue weighted by molar-refractivity contribution is 5.47. The summed E-state index contributed by atoms with van der Waals surface area (Å²) in [5, 5.41) is 0. The van der Waals surface area contributed by atoms with Crippen LogP contribution in [0.5, 0.6) is 5.75 Å². The van der Waals surface area contributed by atoms with E-state index in [-0.39, 0.29) is 11.7 Å². The third-order valence-corrected chi connectivity index (χ3v) is 3.27. The Morgan fingerprint density at radius 2 is 2.16 bits per heavy atom. The molecule has 1 heterocycles. The van der Waals surface area contributed by atoms with Gasteiger partial charge < -0.3 is 15.2 Å². The van der Waals surface area contributed by atoms with Crippen LogP contribution in [-0.4, -0.2) is 36.8 Å². The van der Waals surface area contributed by atoms with Crippen molar-refractivity contribution in [3.05, 3.63) is 23.8 Å². The van der Waals surface area contributed by atoms with Gasteiger partial charge in [-0.2, -0.15) is 0 Å². The molecular formula is C15H24N2O2. The zero-order valence-electron chi connectivity index (χ0n) is 12.3. The number of nitrogens with two attached hydrogens (primary N) is 1. The molecule has 0 radical (unpaired) electrons. The predicted octanol–water partition coefficient (Wildman–Crippen LogP) is 2.28. The summed E-state index contributed by atoms with van der Waals surface area (Å²) >= 11 is 0. The second-order valence-electron chi connectivity index (χ2n) is 5.97. The van der Waals surface area contributed by atoms with E-state index in [1.165, 1.54) is 5.56 Å². The van der Waals surface area contributed by atoms with Crippen molar-refractivity contribution in [2.45, 2.75) is 39.0 Å². The average molecular weight is 264 g/mol. The van der Waals surface area contributed by atoms with Crippen LogP contribution in [0, 0.1) is 0 Å². The fourth-order valence-corrected chi connectivity index (χ4v) is 2.86. The first-order chi connectivity index (χ1) is 8.88. The van der Waals surface area contributed by atoms with Crippen molar-refractivity contribution in [2.75, 3.05) is 25.9 Å². The van der Waals surface area contributed by atoms with E-state index in [2.05, 4.69) is 25.7 Å². The summed E-state index contributed by atoms with van der Waals surface area (Å²) in [5.41, 5.74) is 7.73. The van der Waals surface area contributed by atoms with Gasteiger partial charge in [0.25, 0.3) is 0 Å². The molecule has 1 aromatic carbocycles. The molecular weight excluding hydrogens is 240 g/mol. The third kappa shape index (κ3) is 3.85. The molecule has 4 heteroatoms. The molecule has 1 unspecified atom stereocenters.